The molecule has 6 nitrogen and oxygen atoms in total. The highest BCUT2D eigenvalue weighted by Gasteiger charge is 2.33. The number of nitrogens with one attached hydrogen (secondary N) is 2. The maximum absolute atomic E-state index is 13.6. The number of aryl methyl sites for hydroxylation is 1. The molecule has 0 aromatic heterocycles. The molecule has 1 aromatic rings. The summed E-state index contributed by atoms with van der Waals surface area (Å²) in [6.45, 7) is 2.45. The van der Waals surface area contributed by atoms with Gasteiger partial charge < -0.3 is 10.6 Å². The van der Waals surface area contributed by atoms with Gasteiger partial charge in [0.25, 0.3) is 0 Å². The number of piperidine rings is 1. The molecule has 2 N–H and O–H groups in total. The normalized spacial score (nSPS) is 21.7. The lowest BCUT2D eigenvalue weighted by Gasteiger charge is -2.35. The van der Waals surface area contributed by atoms with Crippen LogP contribution in [-0.4, -0.2) is 43.9 Å². The molecular weight excluding hydrogens is 393 g/mol. The molecule has 1 atom stereocenters. The van der Waals surface area contributed by atoms with Crippen LogP contribution < -0.4 is 10.6 Å². The minimum Gasteiger partial charge on any atom is -0.338 e. The van der Waals surface area contributed by atoms with E-state index in [-0.39, 0.29) is 23.0 Å². The fraction of sp³-hybridized carbons (Fsp3) is 0.667. The Morgan fingerprint density at radius 3 is 2.59 bits per heavy atom. The minimum atomic E-state index is -3.69. The molecule has 0 radical (unpaired) electrons. The zero-order chi connectivity index (χ0) is 20.9. The quantitative estimate of drug-likeness (QED) is 0.729. The Labute approximate surface area is 173 Å². The van der Waals surface area contributed by atoms with Crippen LogP contribution in [0, 0.1) is 12.7 Å². The van der Waals surface area contributed by atoms with Crippen molar-refractivity contribution in [3.63, 3.8) is 0 Å². The van der Waals surface area contributed by atoms with Crippen molar-refractivity contribution in [2.75, 3.05) is 13.1 Å². The largest absolute Gasteiger partial charge is 0.338 e. The second-order valence-electron chi connectivity index (χ2n) is 8.20. The van der Waals surface area contributed by atoms with E-state index in [1.165, 1.54) is 28.9 Å². The fourth-order valence-corrected chi connectivity index (χ4v) is 6.14. The van der Waals surface area contributed by atoms with Crippen LogP contribution in [0.15, 0.2) is 23.1 Å². The third-order valence-corrected chi connectivity index (χ3v) is 7.96. The molecule has 0 bridgehead atoms. The van der Waals surface area contributed by atoms with Gasteiger partial charge in [0.05, 0.1) is 4.90 Å². The smallest absolute Gasteiger partial charge is 0.315 e. The molecule has 2 fully saturated rings. The molecule has 1 heterocycles. The Bertz CT molecular complexity index is 809. The molecule has 3 rings (SSSR count). The second-order valence-corrected chi connectivity index (χ2v) is 10.1. The lowest BCUT2D eigenvalue weighted by molar-refractivity contribution is 0.224. The van der Waals surface area contributed by atoms with Gasteiger partial charge in [0, 0.05) is 25.2 Å². The lowest BCUT2D eigenvalue weighted by Crippen LogP contribution is -2.47. The van der Waals surface area contributed by atoms with Crippen molar-refractivity contribution >= 4 is 16.1 Å². The standard InChI is InChI=1S/C21H32FN3O3S/c1-16-15-19(10-11-20(16)22)29(27,28)25-14-6-5-9-18(25)12-13-23-21(26)24-17-7-3-2-4-8-17/h10-11,15,17-18H,2-9,12-14H2,1H3,(H2,23,24,26). The van der Waals surface area contributed by atoms with E-state index in [4.69, 9.17) is 0 Å². The van der Waals surface area contributed by atoms with Crippen LogP contribution in [-0.2, 0) is 10.0 Å². The molecule has 2 amide bonds. The summed E-state index contributed by atoms with van der Waals surface area (Å²) in [6.07, 6.45) is 8.71. The fourth-order valence-electron chi connectivity index (χ4n) is 4.33. The Balaban J connectivity index is 1.57. The highest BCUT2D eigenvalue weighted by molar-refractivity contribution is 7.89. The molecule has 1 aromatic carbocycles. The Hall–Kier alpha value is -1.67. The SMILES string of the molecule is Cc1cc(S(=O)(=O)N2CCCCC2CCNC(=O)NC2CCCCC2)ccc1F. The number of carbonyl (C=O) groups is 1. The van der Waals surface area contributed by atoms with Gasteiger partial charge in [0.2, 0.25) is 10.0 Å². The summed E-state index contributed by atoms with van der Waals surface area (Å²) in [5, 5.41) is 5.90. The summed E-state index contributed by atoms with van der Waals surface area (Å²) in [7, 11) is -3.69. The van der Waals surface area contributed by atoms with E-state index in [0.29, 0.717) is 25.1 Å². The van der Waals surface area contributed by atoms with E-state index in [2.05, 4.69) is 10.6 Å². The zero-order valence-electron chi connectivity index (χ0n) is 17.1. The number of halogens is 1. The summed E-state index contributed by atoms with van der Waals surface area (Å²) < 4.78 is 41.3. The minimum absolute atomic E-state index is 0.131. The Morgan fingerprint density at radius 2 is 1.86 bits per heavy atom. The van der Waals surface area contributed by atoms with E-state index in [0.717, 1.165) is 44.9 Å². The first-order valence-corrected chi connectivity index (χ1v) is 12.1. The average molecular weight is 426 g/mol. The second kappa shape index (κ2) is 9.89. The van der Waals surface area contributed by atoms with Crippen LogP contribution in [0.1, 0.15) is 63.4 Å². The van der Waals surface area contributed by atoms with E-state index in [1.54, 1.807) is 6.92 Å². The molecule has 0 spiro atoms. The van der Waals surface area contributed by atoms with Crippen LogP contribution >= 0.6 is 0 Å². The van der Waals surface area contributed by atoms with Crippen molar-refractivity contribution in [2.45, 2.75) is 81.7 Å². The van der Waals surface area contributed by atoms with Crippen LogP contribution in [0.2, 0.25) is 0 Å². The summed E-state index contributed by atoms with van der Waals surface area (Å²) in [5.74, 6) is -0.410. The highest BCUT2D eigenvalue weighted by atomic mass is 32.2. The van der Waals surface area contributed by atoms with Gasteiger partial charge in [0.1, 0.15) is 5.82 Å². The highest BCUT2D eigenvalue weighted by Crippen LogP contribution is 2.27. The van der Waals surface area contributed by atoms with Gasteiger partial charge in [-0.05, 0) is 62.8 Å². The van der Waals surface area contributed by atoms with Gasteiger partial charge >= 0.3 is 6.03 Å². The molecule has 1 saturated heterocycles. The van der Waals surface area contributed by atoms with Gasteiger partial charge in [-0.3, -0.25) is 0 Å². The molecule has 29 heavy (non-hydrogen) atoms. The molecule has 1 unspecified atom stereocenters. The lowest BCUT2D eigenvalue weighted by atomic mass is 9.96. The molecule has 1 aliphatic carbocycles. The van der Waals surface area contributed by atoms with Crippen molar-refractivity contribution < 1.29 is 17.6 Å². The molecule has 1 aliphatic heterocycles. The monoisotopic (exact) mass is 425 g/mol. The number of hydrogen-bond acceptors (Lipinski definition) is 3. The van der Waals surface area contributed by atoms with Gasteiger partial charge in [-0.15, -0.1) is 0 Å². The summed E-state index contributed by atoms with van der Waals surface area (Å²) in [4.78, 5) is 12.3. The van der Waals surface area contributed by atoms with Crippen molar-refractivity contribution in [1.29, 1.82) is 0 Å². The summed E-state index contributed by atoms with van der Waals surface area (Å²) >= 11 is 0. The summed E-state index contributed by atoms with van der Waals surface area (Å²) in [6, 6.07) is 3.85. The van der Waals surface area contributed by atoms with Gasteiger partial charge in [-0.2, -0.15) is 4.31 Å². The van der Waals surface area contributed by atoms with Gasteiger partial charge in [-0.25, -0.2) is 17.6 Å². The number of sulfonamides is 1. The third-order valence-electron chi connectivity index (χ3n) is 6.01. The average Bonchev–Trinajstić information content (AvgIpc) is 2.71. The number of carbonyl (C=O) groups excluding carboxylic acids is 1. The van der Waals surface area contributed by atoms with E-state index < -0.39 is 15.8 Å². The first kappa shape index (κ1) is 22.0. The summed E-state index contributed by atoms with van der Waals surface area (Å²) in [5.41, 5.74) is 0.320. The van der Waals surface area contributed by atoms with Crippen molar-refractivity contribution in [1.82, 2.24) is 14.9 Å². The van der Waals surface area contributed by atoms with Crippen LogP contribution in [0.25, 0.3) is 0 Å². The molecule has 1 saturated carbocycles. The number of amides is 2. The van der Waals surface area contributed by atoms with E-state index >= 15 is 0 Å². The van der Waals surface area contributed by atoms with Crippen LogP contribution in [0.3, 0.4) is 0 Å². The number of hydrogen-bond donors (Lipinski definition) is 2. The van der Waals surface area contributed by atoms with Gasteiger partial charge in [-0.1, -0.05) is 25.7 Å². The first-order chi connectivity index (χ1) is 13.9. The van der Waals surface area contributed by atoms with Crippen molar-refractivity contribution in [3.8, 4) is 0 Å². The molecule has 162 valence electrons. The van der Waals surface area contributed by atoms with Gasteiger partial charge in [0.15, 0.2) is 0 Å². The molecular formula is C21H32FN3O3S. The number of nitrogens with zero attached hydrogens (tertiary/aromatic N) is 1. The van der Waals surface area contributed by atoms with Crippen LogP contribution in [0.5, 0.6) is 0 Å². The number of benzene rings is 1. The van der Waals surface area contributed by atoms with Crippen LogP contribution in [0.4, 0.5) is 9.18 Å². The first-order valence-electron chi connectivity index (χ1n) is 10.7. The third kappa shape index (κ3) is 5.69. The maximum atomic E-state index is 13.6. The van der Waals surface area contributed by atoms with Crippen molar-refractivity contribution in [2.24, 2.45) is 0 Å². The molecule has 2 aliphatic rings. The number of rotatable bonds is 6. The van der Waals surface area contributed by atoms with Crippen molar-refractivity contribution in [3.05, 3.63) is 29.6 Å². The maximum Gasteiger partial charge on any atom is 0.315 e. The number of urea groups is 1. The Kier molecular flexibility index (Phi) is 7.51. The molecule has 8 heteroatoms. The predicted octanol–water partition coefficient (Wildman–Crippen LogP) is 3.70. The zero-order valence-corrected chi connectivity index (χ0v) is 17.9. The Morgan fingerprint density at radius 1 is 1.14 bits per heavy atom. The predicted molar refractivity (Wildman–Crippen MR) is 111 cm³/mol. The van der Waals surface area contributed by atoms with E-state index in [1.807, 2.05) is 0 Å². The van der Waals surface area contributed by atoms with E-state index in [9.17, 15) is 17.6 Å². The topological polar surface area (TPSA) is 78.5 Å².